The maximum absolute atomic E-state index is 5.62. The number of nitrogens with one attached hydrogen (secondary N) is 3. The van der Waals surface area contributed by atoms with Crippen molar-refractivity contribution >= 4 is 32.9 Å². The summed E-state index contributed by atoms with van der Waals surface area (Å²) in [4.78, 5) is 0. The first-order valence-corrected chi connectivity index (χ1v) is 13.0. The molecule has 37 heavy (non-hydrogen) atoms. The summed E-state index contributed by atoms with van der Waals surface area (Å²) in [5, 5.41) is 4.75. The molecule has 5 aromatic rings. The topological polar surface area (TPSA) is 54.6 Å². The van der Waals surface area contributed by atoms with E-state index in [4.69, 9.17) is 9.47 Å². The van der Waals surface area contributed by atoms with E-state index >= 15 is 0 Å². The number of hydrogen-bond donors (Lipinski definition) is 3. The van der Waals surface area contributed by atoms with Gasteiger partial charge in [0.05, 0.1) is 24.6 Å². The Labute approximate surface area is 218 Å². The van der Waals surface area contributed by atoms with Crippen LogP contribution in [-0.4, -0.2) is 13.2 Å². The van der Waals surface area contributed by atoms with E-state index < -0.39 is 0 Å². The molecule has 0 saturated heterocycles. The van der Waals surface area contributed by atoms with Crippen LogP contribution in [0.4, 0.5) is 11.4 Å². The second-order valence-corrected chi connectivity index (χ2v) is 8.56. The summed E-state index contributed by atoms with van der Waals surface area (Å²) < 4.78 is 11.2. The molecule has 0 bridgehead atoms. The first-order valence-electron chi connectivity index (χ1n) is 13.0. The number of benzene rings is 5. The van der Waals surface area contributed by atoms with Crippen LogP contribution in [0.3, 0.4) is 0 Å². The summed E-state index contributed by atoms with van der Waals surface area (Å²) in [7, 11) is 0. The van der Waals surface area contributed by atoms with E-state index in [1.807, 2.05) is 52.0 Å². The van der Waals surface area contributed by atoms with Crippen molar-refractivity contribution in [2.24, 2.45) is 0 Å². The predicted molar refractivity (Wildman–Crippen MR) is 156 cm³/mol. The average molecular weight is 492 g/mol. The van der Waals surface area contributed by atoms with Crippen LogP contribution in [0.5, 0.6) is 11.5 Å². The lowest BCUT2D eigenvalue weighted by molar-refractivity contribution is 0.340. The second kappa shape index (κ2) is 10.8. The Morgan fingerprint density at radius 2 is 0.865 bits per heavy atom. The summed E-state index contributed by atoms with van der Waals surface area (Å²) in [6, 6.07) is 29.9. The van der Waals surface area contributed by atoms with Gasteiger partial charge < -0.3 is 20.3 Å². The maximum Gasteiger partial charge on any atom is 0.119 e. The molecular formula is C32H33N3O2. The van der Waals surface area contributed by atoms with E-state index in [2.05, 4.69) is 77.1 Å². The van der Waals surface area contributed by atoms with Crippen molar-refractivity contribution in [3.05, 3.63) is 84.9 Å². The molecule has 5 heteroatoms. The Bertz CT molecular complexity index is 1410. The molecule has 3 N–H and O–H groups in total. The smallest absolute Gasteiger partial charge is 0.119 e. The SMILES string of the molecule is CC.CCOc1ccc(-c2ccc3c4c(c5ccc(-c6ccc(OCC)cc6)cc5c3c2)NNN4)cc1. The van der Waals surface area contributed by atoms with E-state index in [1.165, 1.54) is 32.7 Å². The van der Waals surface area contributed by atoms with Gasteiger partial charge in [0.25, 0.3) is 0 Å². The molecule has 1 aliphatic heterocycles. The highest BCUT2D eigenvalue weighted by molar-refractivity contribution is 6.22. The predicted octanol–water partition coefficient (Wildman–Crippen LogP) is 8.41. The zero-order valence-corrected chi connectivity index (χ0v) is 21.8. The monoisotopic (exact) mass is 491 g/mol. The molecule has 0 atom stereocenters. The van der Waals surface area contributed by atoms with Crippen molar-refractivity contribution in [2.45, 2.75) is 27.7 Å². The van der Waals surface area contributed by atoms with E-state index in [-0.39, 0.29) is 0 Å². The van der Waals surface area contributed by atoms with Gasteiger partial charge in [0.15, 0.2) is 0 Å². The molecule has 5 aromatic carbocycles. The van der Waals surface area contributed by atoms with Crippen LogP contribution >= 0.6 is 0 Å². The van der Waals surface area contributed by atoms with Crippen LogP contribution < -0.4 is 25.9 Å². The molecule has 5 nitrogen and oxygen atoms in total. The van der Waals surface area contributed by atoms with Gasteiger partial charge in [-0.2, -0.15) is 0 Å². The van der Waals surface area contributed by atoms with Gasteiger partial charge in [-0.05, 0) is 83.3 Å². The number of anilines is 2. The van der Waals surface area contributed by atoms with E-state index in [1.54, 1.807) is 0 Å². The van der Waals surface area contributed by atoms with E-state index in [0.717, 1.165) is 34.0 Å². The van der Waals surface area contributed by atoms with Gasteiger partial charge in [-0.25, -0.2) is 0 Å². The lowest BCUT2D eigenvalue weighted by atomic mass is 9.92. The van der Waals surface area contributed by atoms with Crippen molar-refractivity contribution in [3.63, 3.8) is 0 Å². The lowest BCUT2D eigenvalue weighted by Gasteiger charge is -2.14. The maximum atomic E-state index is 5.62. The minimum absolute atomic E-state index is 0.665. The molecule has 0 aromatic heterocycles. The number of hydrazine groups is 2. The van der Waals surface area contributed by atoms with Crippen molar-refractivity contribution < 1.29 is 9.47 Å². The van der Waals surface area contributed by atoms with Gasteiger partial charge in [0.1, 0.15) is 11.5 Å². The molecule has 1 aliphatic rings. The standard InChI is InChI=1S/C30H27N3O2.C2H6/c1-3-34-23-11-5-19(6-12-23)21-9-15-25-27(17-21)28-18-22(20-7-13-24(14-8-20)35-4-2)10-16-26(28)30-29(25)31-33-32-30;1-2/h5-18,31-33H,3-4H2,1-2H3;1-2H3. The van der Waals surface area contributed by atoms with Crippen LogP contribution in [0.25, 0.3) is 43.8 Å². The van der Waals surface area contributed by atoms with Crippen LogP contribution in [0.1, 0.15) is 27.7 Å². The fourth-order valence-corrected chi connectivity index (χ4v) is 4.84. The van der Waals surface area contributed by atoms with Crippen LogP contribution in [0.2, 0.25) is 0 Å². The molecular weight excluding hydrogens is 458 g/mol. The lowest BCUT2D eigenvalue weighted by Crippen LogP contribution is -2.19. The highest BCUT2D eigenvalue weighted by Crippen LogP contribution is 2.44. The summed E-state index contributed by atoms with van der Waals surface area (Å²) >= 11 is 0. The normalized spacial score (nSPS) is 11.8. The van der Waals surface area contributed by atoms with Crippen molar-refractivity contribution in [2.75, 3.05) is 24.1 Å². The molecule has 0 unspecified atom stereocenters. The third-order valence-electron chi connectivity index (χ3n) is 6.49. The zero-order chi connectivity index (χ0) is 25.8. The highest BCUT2D eigenvalue weighted by Gasteiger charge is 2.19. The van der Waals surface area contributed by atoms with Crippen molar-refractivity contribution in [1.82, 2.24) is 5.53 Å². The molecule has 0 amide bonds. The highest BCUT2D eigenvalue weighted by atomic mass is 16.5. The molecule has 0 aliphatic carbocycles. The van der Waals surface area contributed by atoms with Crippen LogP contribution in [-0.2, 0) is 0 Å². The Morgan fingerprint density at radius 1 is 0.486 bits per heavy atom. The van der Waals surface area contributed by atoms with E-state index in [9.17, 15) is 0 Å². The number of fused-ring (bicyclic) bond motifs is 6. The third kappa shape index (κ3) is 4.66. The summed E-state index contributed by atoms with van der Waals surface area (Å²) in [5.41, 5.74) is 16.5. The molecule has 0 spiro atoms. The first kappa shape index (κ1) is 24.5. The molecule has 0 radical (unpaired) electrons. The van der Waals surface area contributed by atoms with Gasteiger partial charge in [-0.1, -0.05) is 62.4 Å². The van der Waals surface area contributed by atoms with Gasteiger partial charge in [-0.3, -0.25) is 0 Å². The number of ether oxygens (including phenoxy) is 2. The van der Waals surface area contributed by atoms with Crippen LogP contribution in [0.15, 0.2) is 84.9 Å². The Balaban J connectivity index is 0.00000137. The van der Waals surface area contributed by atoms with Gasteiger partial charge >= 0.3 is 0 Å². The van der Waals surface area contributed by atoms with Crippen molar-refractivity contribution in [1.29, 1.82) is 0 Å². The summed E-state index contributed by atoms with van der Waals surface area (Å²) in [6.45, 7) is 9.33. The molecule has 1 heterocycles. The van der Waals surface area contributed by atoms with Crippen molar-refractivity contribution in [3.8, 4) is 33.8 Å². The minimum atomic E-state index is 0.665. The summed E-state index contributed by atoms with van der Waals surface area (Å²) in [5.74, 6) is 1.78. The fraction of sp³-hybridized carbons (Fsp3) is 0.188. The largest absolute Gasteiger partial charge is 0.494 e. The van der Waals surface area contributed by atoms with Gasteiger partial charge in [0, 0.05) is 10.8 Å². The molecule has 0 fully saturated rings. The number of hydrogen-bond acceptors (Lipinski definition) is 5. The molecule has 188 valence electrons. The summed E-state index contributed by atoms with van der Waals surface area (Å²) in [6.07, 6.45) is 0. The third-order valence-corrected chi connectivity index (χ3v) is 6.49. The quantitative estimate of drug-likeness (QED) is 0.208. The first-order chi connectivity index (χ1) is 18.2. The Kier molecular flexibility index (Phi) is 7.15. The number of rotatable bonds is 6. The minimum Gasteiger partial charge on any atom is -0.494 e. The van der Waals surface area contributed by atoms with Gasteiger partial charge in [0.2, 0.25) is 0 Å². The van der Waals surface area contributed by atoms with Gasteiger partial charge in [-0.15, -0.1) is 5.53 Å². The molecule has 6 rings (SSSR count). The second-order valence-electron chi connectivity index (χ2n) is 8.56. The Morgan fingerprint density at radius 3 is 1.24 bits per heavy atom. The molecule has 0 saturated carbocycles. The van der Waals surface area contributed by atoms with Crippen LogP contribution in [0, 0.1) is 0 Å². The fourth-order valence-electron chi connectivity index (χ4n) is 4.84. The van der Waals surface area contributed by atoms with E-state index in [0.29, 0.717) is 13.2 Å². The zero-order valence-electron chi connectivity index (χ0n) is 21.8. The average Bonchev–Trinajstić information content (AvgIpc) is 3.45. The Hall–Kier alpha value is -4.22.